The smallest absolute Gasteiger partial charge is 0.338 e. The molecule has 4 aromatic rings. The Bertz CT molecular complexity index is 2690. The second-order valence-electron chi connectivity index (χ2n) is 15.5. The number of ether oxygens (including phenoxy) is 4. The lowest BCUT2D eigenvalue weighted by Gasteiger charge is -2.07. The van der Waals surface area contributed by atoms with Crippen LogP contribution in [0, 0.1) is 83.6 Å². The number of rotatable bonds is 27. The molecule has 4 rings (SSSR count). The van der Waals surface area contributed by atoms with Crippen LogP contribution in [0.5, 0.6) is 11.5 Å². The van der Waals surface area contributed by atoms with Gasteiger partial charge in [-0.25, -0.2) is 9.59 Å². The van der Waals surface area contributed by atoms with Gasteiger partial charge in [-0.05, 0) is 145 Å². The molecule has 0 N–H and O–H groups in total. The number of terminal acetylenes is 1. The highest BCUT2D eigenvalue weighted by molar-refractivity contribution is 5.92. The molecule has 0 spiro atoms. The van der Waals surface area contributed by atoms with Crippen LogP contribution in [0.15, 0.2) is 107 Å². The van der Waals surface area contributed by atoms with Crippen LogP contribution in [0.3, 0.4) is 0 Å². The number of carbonyl (C=O) groups excluding carboxylic acids is 2. The Labute approximate surface area is 410 Å². The second kappa shape index (κ2) is 34.9. The molecular weight excluding hydrogens is 857 g/mol. The number of hydrogen-bond acceptors (Lipinski definition) is 8. The first-order valence-electron chi connectivity index (χ1n) is 23.6. The lowest BCUT2D eigenvalue weighted by Crippen LogP contribution is -2.08. The van der Waals surface area contributed by atoms with Crippen LogP contribution >= 0.6 is 0 Å². The number of benzene rings is 4. The van der Waals surface area contributed by atoms with Gasteiger partial charge >= 0.3 is 11.9 Å². The van der Waals surface area contributed by atoms with Gasteiger partial charge in [-0.3, -0.25) is 9.98 Å². The summed E-state index contributed by atoms with van der Waals surface area (Å²) >= 11 is 0. The predicted molar refractivity (Wildman–Crippen MR) is 277 cm³/mol. The minimum Gasteiger partial charge on any atom is -0.494 e. The summed E-state index contributed by atoms with van der Waals surface area (Å²) in [7, 11) is 0. The van der Waals surface area contributed by atoms with E-state index >= 15 is 0 Å². The Balaban J connectivity index is 1.02. The molecule has 0 atom stereocenters. The van der Waals surface area contributed by atoms with E-state index < -0.39 is 5.97 Å². The summed E-state index contributed by atoms with van der Waals surface area (Å²) in [6.07, 6.45) is 28.9. The molecule has 0 aliphatic heterocycles. The zero-order valence-electron chi connectivity index (χ0n) is 39.5. The fourth-order valence-electron chi connectivity index (χ4n) is 6.38. The van der Waals surface area contributed by atoms with Gasteiger partial charge < -0.3 is 18.9 Å². The summed E-state index contributed by atoms with van der Waals surface area (Å²) in [5, 5.41) is 0. The molecule has 0 saturated heterocycles. The van der Waals surface area contributed by atoms with Gasteiger partial charge in [0, 0.05) is 48.0 Å². The van der Waals surface area contributed by atoms with Gasteiger partial charge in [-0.15, -0.1) is 6.42 Å². The SMILES string of the molecule is C#CC#CC#CC#CC#CC#CC#COc1ccc(N=Cc2ccc(C(=O)OCCCCCOC(=O)c3ccc(C=Nc4ccc(OCCCCCCCCCCCCCC)cc4)cc3)cc2)cc1. The zero-order valence-corrected chi connectivity index (χ0v) is 39.5. The van der Waals surface area contributed by atoms with Crippen LogP contribution in [-0.4, -0.2) is 44.2 Å². The van der Waals surface area contributed by atoms with Crippen LogP contribution in [0.25, 0.3) is 0 Å². The minimum atomic E-state index is -0.404. The third kappa shape index (κ3) is 24.7. The molecule has 0 amide bonds. The minimum absolute atomic E-state index is 0.266. The first kappa shape index (κ1) is 53.3. The molecule has 0 aliphatic rings. The summed E-state index contributed by atoms with van der Waals surface area (Å²) < 4.78 is 22.2. The van der Waals surface area contributed by atoms with Crippen molar-refractivity contribution in [2.75, 3.05) is 19.8 Å². The van der Waals surface area contributed by atoms with Crippen LogP contribution < -0.4 is 9.47 Å². The average Bonchev–Trinajstić information content (AvgIpc) is 3.38. The highest BCUT2D eigenvalue weighted by Gasteiger charge is 2.09. The number of unbranched alkanes of at least 4 members (excludes halogenated alkanes) is 13. The van der Waals surface area contributed by atoms with E-state index in [0.29, 0.717) is 35.4 Å². The van der Waals surface area contributed by atoms with Crippen molar-refractivity contribution in [1.29, 1.82) is 0 Å². The lowest BCUT2D eigenvalue weighted by atomic mass is 10.1. The molecule has 4 aromatic carbocycles. The maximum absolute atomic E-state index is 12.6. The molecule has 69 heavy (non-hydrogen) atoms. The van der Waals surface area contributed by atoms with Crippen LogP contribution in [-0.2, 0) is 9.47 Å². The summed E-state index contributed by atoms with van der Waals surface area (Å²) in [6.45, 7) is 3.55. The van der Waals surface area contributed by atoms with Gasteiger partial charge in [0.2, 0.25) is 0 Å². The molecule has 0 unspecified atom stereocenters. The van der Waals surface area contributed by atoms with E-state index in [0.717, 1.165) is 42.0 Å². The van der Waals surface area contributed by atoms with Crippen LogP contribution in [0.2, 0.25) is 0 Å². The van der Waals surface area contributed by atoms with Crippen LogP contribution in [0.4, 0.5) is 11.4 Å². The van der Waals surface area contributed by atoms with Gasteiger partial charge in [0.15, 0.2) is 0 Å². The standard InChI is InChI=1S/C61H58N2O6/c1-3-5-7-9-11-13-15-17-19-21-23-26-46-66-58-42-38-56(39-43-58)62-50-52-30-34-54(35-31-52)60(64)68-48-28-25-29-49-69-61(65)55-36-32-53(33-37-55)51-63-57-40-44-59(45-41-57)67-47-27-24-22-20-18-16-14-12-10-8-6-4-2/h1,30-45,50-51H,4,6,8,10,12,14,16,18,20,22,24-25,27-29,47-49H2,2H3. The molecule has 0 radical (unpaired) electrons. The number of nitrogens with zero attached hydrogens (tertiary/aromatic N) is 2. The normalized spacial score (nSPS) is 9.86. The van der Waals surface area contributed by atoms with E-state index in [1.165, 1.54) is 70.6 Å². The lowest BCUT2D eigenvalue weighted by molar-refractivity contribution is 0.0478. The number of esters is 2. The van der Waals surface area contributed by atoms with Crippen molar-refractivity contribution < 1.29 is 28.5 Å². The van der Waals surface area contributed by atoms with Gasteiger partial charge in [0.1, 0.15) is 17.6 Å². The van der Waals surface area contributed by atoms with Gasteiger partial charge in [0.05, 0.1) is 42.3 Å². The molecule has 0 aromatic heterocycles. The van der Waals surface area contributed by atoms with E-state index in [2.05, 4.69) is 94.1 Å². The van der Waals surface area contributed by atoms with Gasteiger partial charge in [-0.1, -0.05) is 102 Å². The Morgan fingerprint density at radius 2 is 0.826 bits per heavy atom. The maximum atomic E-state index is 12.6. The fraction of sp³-hybridized carbons (Fsp3) is 0.311. The van der Waals surface area contributed by atoms with Crippen molar-refractivity contribution >= 4 is 35.7 Å². The number of aliphatic imine (C=N–C) groups is 2. The third-order valence-corrected chi connectivity index (χ3v) is 10.1. The summed E-state index contributed by atoms with van der Waals surface area (Å²) in [4.78, 5) is 34.2. The van der Waals surface area contributed by atoms with Crippen molar-refractivity contribution in [3.63, 3.8) is 0 Å². The van der Waals surface area contributed by atoms with Crippen molar-refractivity contribution in [2.24, 2.45) is 9.98 Å². The summed E-state index contributed by atoms with van der Waals surface area (Å²) in [6, 6.07) is 29.0. The molecule has 0 bridgehead atoms. The van der Waals surface area contributed by atoms with E-state index in [1.54, 1.807) is 73.1 Å². The second-order valence-corrected chi connectivity index (χ2v) is 15.5. The highest BCUT2D eigenvalue weighted by atomic mass is 16.5. The molecule has 0 saturated carbocycles. The fourth-order valence-corrected chi connectivity index (χ4v) is 6.38. The Morgan fingerprint density at radius 3 is 1.28 bits per heavy atom. The van der Waals surface area contributed by atoms with Crippen molar-refractivity contribution in [1.82, 2.24) is 0 Å². The molecule has 8 nitrogen and oxygen atoms in total. The zero-order chi connectivity index (χ0) is 48.7. The van der Waals surface area contributed by atoms with Crippen molar-refractivity contribution in [3.8, 4) is 95.1 Å². The summed E-state index contributed by atoms with van der Waals surface area (Å²) in [5.41, 5.74) is 4.14. The largest absolute Gasteiger partial charge is 0.494 e. The molecule has 0 aliphatic carbocycles. The van der Waals surface area contributed by atoms with E-state index in [9.17, 15) is 9.59 Å². The quantitative estimate of drug-likeness (QED) is 0.0256. The molecule has 0 fully saturated rings. The van der Waals surface area contributed by atoms with Crippen molar-refractivity contribution in [2.45, 2.75) is 103 Å². The van der Waals surface area contributed by atoms with E-state index in [-0.39, 0.29) is 19.2 Å². The Morgan fingerprint density at radius 1 is 0.449 bits per heavy atom. The predicted octanol–water partition coefficient (Wildman–Crippen LogP) is 12.4. The molecule has 0 heterocycles. The van der Waals surface area contributed by atoms with E-state index in [4.69, 9.17) is 25.4 Å². The summed E-state index contributed by atoms with van der Waals surface area (Å²) in [5.74, 6) is 30.2. The first-order chi connectivity index (χ1) is 34.0. The first-order valence-corrected chi connectivity index (χ1v) is 23.6. The van der Waals surface area contributed by atoms with Crippen LogP contribution in [0.1, 0.15) is 135 Å². The van der Waals surface area contributed by atoms with E-state index in [1.807, 2.05) is 36.4 Å². The number of carbonyl (C=O) groups is 2. The third-order valence-electron chi connectivity index (χ3n) is 10.1. The van der Waals surface area contributed by atoms with Crippen molar-refractivity contribution in [3.05, 3.63) is 119 Å². The number of hydrogen-bond donors (Lipinski definition) is 0. The van der Waals surface area contributed by atoms with Gasteiger partial charge in [0.25, 0.3) is 0 Å². The Kier molecular flexibility index (Phi) is 27.0. The average molecular weight is 915 g/mol. The topological polar surface area (TPSA) is 95.8 Å². The molecule has 8 heteroatoms. The highest BCUT2D eigenvalue weighted by Crippen LogP contribution is 2.20. The molecule has 348 valence electrons. The maximum Gasteiger partial charge on any atom is 0.338 e. The Hall–Kier alpha value is -8.32. The molecular formula is C61H58N2O6. The van der Waals surface area contributed by atoms with Gasteiger partial charge in [-0.2, -0.15) is 0 Å². The monoisotopic (exact) mass is 914 g/mol.